The molecule has 2 aromatic carbocycles. The van der Waals surface area contributed by atoms with Crippen molar-refractivity contribution in [3.63, 3.8) is 0 Å². The van der Waals surface area contributed by atoms with Crippen molar-refractivity contribution >= 4 is 28.9 Å². The van der Waals surface area contributed by atoms with Crippen LogP contribution in [0.1, 0.15) is 11.5 Å². The van der Waals surface area contributed by atoms with Crippen LogP contribution in [-0.4, -0.2) is 5.91 Å². The highest BCUT2D eigenvalue weighted by atomic mass is 16.3. The van der Waals surface area contributed by atoms with E-state index >= 15 is 0 Å². The van der Waals surface area contributed by atoms with Crippen LogP contribution in [0.15, 0.2) is 106 Å². The van der Waals surface area contributed by atoms with Crippen LogP contribution in [-0.2, 0) is 4.79 Å². The summed E-state index contributed by atoms with van der Waals surface area (Å²) in [6.45, 7) is 0. The fourth-order valence-corrected chi connectivity index (χ4v) is 2.84. The van der Waals surface area contributed by atoms with Gasteiger partial charge in [-0.05, 0) is 54.6 Å². The number of nitrogens with zero attached hydrogens (tertiary/aromatic N) is 1. The number of hydrogen-bond acceptors (Lipinski definition) is 3. The third kappa shape index (κ3) is 3.60. The van der Waals surface area contributed by atoms with Gasteiger partial charge in [0.25, 0.3) is 5.91 Å². The fraction of sp³-hybridized carbons (Fsp3) is 0. The highest BCUT2D eigenvalue weighted by molar-refractivity contribution is 6.31. The second-order valence-corrected chi connectivity index (χ2v) is 5.86. The maximum absolute atomic E-state index is 13.6. The van der Waals surface area contributed by atoms with Gasteiger partial charge in [0, 0.05) is 11.4 Å². The molecule has 4 nitrogen and oxygen atoms in total. The Morgan fingerprint density at radius 2 is 1.30 bits per heavy atom. The molecule has 132 valence electrons. The van der Waals surface area contributed by atoms with Gasteiger partial charge in [-0.15, -0.1) is 0 Å². The standard InChI is InChI=1S/C23H17NO3/c25-23(21(22-14-8-16-27-22)17-20-13-7-15-26-20)24(18-9-3-1-4-10-18)19-11-5-2-6-12-19/h1-17H/b21-17-. The van der Waals surface area contributed by atoms with Gasteiger partial charge in [0.15, 0.2) is 0 Å². The summed E-state index contributed by atoms with van der Waals surface area (Å²) in [6.07, 6.45) is 4.82. The summed E-state index contributed by atoms with van der Waals surface area (Å²) in [7, 11) is 0. The highest BCUT2D eigenvalue weighted by Crippen LogP contribution is 2.31. The van der Waals surface area contributed by atoms with Gasteiger partial charge in [-0.3, -0.25) is 9.69 Å². The molecule has 4 heteroatoms. The van der Waals surface area contributed by atoms with Crippen LogP contribution in [0.3, 0.4) is 0 Å². The van der Waals surface area contributed by atoms with Gasteiger partial charge in [-0.25, -0.2) is 0 Å². The topological polar surface area (TPSA) is 46.6 Å². The molecule has 0 aliphatic carbocycles. The number of hydrogen-bond donors (Lipinski definition) is 0. The maximum Gasteiger partial charge on any atom is 0.266 e. The lowest BCUT2D eigenvalue weighted by molar-refractivity contribution is -0.112. The number of benzene rings is 2. The Labute approximate surface area is 157 Å². The van der Waals surface area contributed by atoms with Crippen molar-refractivity contribution in [3.8, 4) is 0 Å². The maximum atomic E-state index is 13.6. The Kier molecular flexibility index (Phi) is 4.70. The number of anilines is 2. The first-order chi connectivity index (χ1) is 13.3. The average molecular weight is 355 g/mol. The van der Waals surface area contributed by atoms with Gasteiger partial charge >= 0.3 is 0 Å². The lowest BCUT2D eigenvalue weighted by Crippen LogP contribution is -2.26. The van der Waals surface area contributed by atoms with Crippen LogP contribution in [0.5, 0.6) is 0 Å². The van der Waals surface area contributed by atoms with Crippen molar-refractivity contribution in [2.24, 2.45) is 0 Å². The van der Waals surface area contributed by atoms with E-state index < -0.39 is 0 Å². The third-order valence-electron chi connectivity index (χ3n) is 4.08. The van der Waals surface area contributed by atoms with E-state index in [1.54, 1.807) is 47.8 Å². The number of para-hydroxylation sites is 2. The average Bonchev–Trinajstić information content (AvgIpc) is 3.42. The number of carbonyl (C=O) groups excluding carboxylic acids is 1. The molecule has 2 heterocycles. The predicted molar refractivity (Wildman–Crippen MR) is 105 cm³/mol. The largest absolute Gasteiger partial charge is 0.465 e. The number of carbonyl (C=O) groups is 1. The summed E-state index contributed by atoms with van der Waals surface area (Å²) in [4.78, 5) is 15.3. The zero-order valence-electron chi connectivity index (χ0n) is 14.5. The molecule has 0 bridgehead atoms. The van der Waals surface area contributed by atoms with Crippen molar-refractivity contribution in [2.75, 3.05) is 4.90 Å². The van der Waals surface area contributed by atoms with Gasteiger partial charge in [0.05, 0.1) is 18.1 Å². The van der Waals surface area contributed by atoms with Gasteiger partial charge in [-0.1, -0.05) is 36.4 Å². The zero-order chi connectivity index (χ0) is 18.5. The first-order valence-electron chi connectivity index (χ1n) is 8.56. The highest BCUT2D eigenvalue weighted by Gasteiger charge is 2.24. The normalized spacial score (nSPS) is 11.3. The Morgan fingerprint density at radius 3 is 1.81 bits per heavy atom. The van der Waals surface area contributed by atoms with E-state index in [9.17, 15) is 4.79 Å². The lowest BCUT2D eigenvalue weighted by Gasteiger charge is -2.23. The molecule has 0 saturated heterocycles. The van der Waals surface area contributed by atoms with Crippen molar-refractivity contribution in [2.45, 2.75) is 0 Å². The van der Waals surface area contributed by atoms with Crippen LogP contribution < -0.4 is 4.90 Å². The molecule has 0 fully saturated rings. The van der Waals surface area contributed by atoms with Crippen LogP contribution in [0.25, 0.3) is 11.6 Å². The SMILES string of the molecule is O=C(/C(=C\c1ccco1)c1ccco1)N(c1ccccc1)c1ccccc1. The van der Waals surface area contributed by atoms with Crippen molar-refractivity contribution in [1.29, 1.82) is 0 Å². The molecule has 0 aliphatic heterocycles. The molecular weight excluding hydrogens is 338 g/mol. The van der Waals surface area contributed by atoms with Gasteiger partial charge in [0.2, 0.25) is 0 Å². The molecule has 2 aromatic heterocycles. The summed E-state index contributed by atoms with van der Waals surface area (Å²) in [5, 5.41) is 0. The molecule has 0 N–H and O–H groups in total. The van der Waals surface area contributed by atoms with Crippen molar-refractivity contribution in [1.82, 2.24) is 0 Å². The molecule has 0 unspecified atom stereocenters. The summed E-state index contributed by atoms with van der Waals surface area (Å²) in [5.74, 6) is 0.850. The molecule has 4 aromatic rings. The van der Waals surface area contributed by atoms with Crippen LogP contribution in [0.2, 0.25) is 0 Å². The first-order valence-corrected chi connectivity index (χ1v) is 8.56. The number of furan rings is 2. The third-order valence-corrected chi connectivity index (χ3v) is 4.08. The van der Waals surface area contributed by atoms with Crippen LogP contribution in [0.4, 0.5) is 11.4 Å². The number of rotatable bonds is 5. The van der Waals surface area contributed by atoms with E-state index in [-0.39, 0.29) is 5.91 Å². The summed E-state index contributed by atoms with van der Waals surface area (Å²) in [5.41, 5.74) is 1.94. The molecule has 1 amide bonds. The number of amides is 1. The Bertz CT molecular complexity index is 978. The van der Waals surface area contributed by atoms with E-state index in [1.165, 1.54) is 0 Å². The monoisotopic (exact) mass is 355 g/mol. The molecular formula is C23H17NO3. The van der Waals surface area contributed by atoms with Gasteiger partial charge in [0.1, 0.15) is 11.5 Å². The van der Waals surface area contributed by atoms with Gasteiger partial charge < -0.3 is 8.83 Å². The van der Waals surface area contributed by atoms with Crippen molar-refractivity contribution in [3.05, 3.63) is 109 Å². The molecule has 0 spiro atoms. The van der Waals surface area contributed by atoms with E-state index in [4.69, 9.17) is 8.83 Å². The molecule has 0 radical (unpaired) electrons. The van der Waals surface area contributed by atoms with Gasteiger partial charge in [-0.2, -0.15) is 0 Å². The molecule has 0 aliphatic rings. The quantitative estimate of drug-likeness (QED) is 0.426. The van der Waals surface area contributed by atoms with E-state index in [2.05, 4.69) is 0 Å². The van der Waals surface area contributed by atoms with Crippen LogP contribution in [0, 0.1) is 0 Å². The Hall–Kier alpha value is -3.79. The second-order valence-electron chi connectivity index (χ2n) is 5.86. The lowest BCUT2D eigenvalue weighted by atomic mass is 10.1. The van der Waals surface area contributed by atoms with E-state index in [1.807, 2.05) is 60.7 Å². The van der Waals surface area contributed by atoms with E-state index in [0.29, 0.717) is 17.1 Å². The molecule has 27 heavy (non-hydrogen) atoms. The first kappa shape index (κ1) is 16.7. The van der Waals surface area contributed by atoms with Crippen molar-refractivity contribution < 1.29 is 13.6 Å². The molecule has 4 rings (SSSR count). The second kappa shape index (κ2) is 7.62. The smallest absolute Gasteiger partial charge is 0.266 e. The molecule has 0 atom stereocenters. The van der Waals surface area contributed by atoms with Crippen LogP contribution >= 0.6 is 0 Å². The fourth-order valence-electron chi connectivity index (χ4n) is 2.84. The Balaban J connectivity index is 1.84. The summed E-state index contributed by atoms with van der Waals surface area (Å²) >= 11 is 0. The minimum atomic E-state index is -0.209. The predicted octanol–water partition coefficient (Wildman–Crippen LogP) is 5.78. The molecule has 0 saturated carbocycles. The summed E-state index contributed by atoms with van der Waals surface area (Å²) in [6, 6.07) is 26.2. The minimum Gasteiger partial charge on any atom is -0.465 e. The Morgan fingerprint density at radius 1 is 0.704 bits per heavy atom. The zero-order valence-corrected chi connectivity index (χ0v) is 14.5. The minimum absolute atomic E-state index is 0.209. The van der Waals surface area contributed by atoms with E-state index in [0.717, 1.165) is 11.4 Å². The summed E-state index contributed by atoms with van der Waals surface area (Å²) < 4.78 is 10.9.